The highest BCUT2D eigenvalue weighted by atomic mass is 32.1. The van der Waals surface area contributed by atoms with Crippen LogP contribution in [0.1, 0.15) is 24.1 Å². The van der Waals surface area contributed by atoms with Crippen LogP contribution in [0.3, 0.4) is 0 Å². The molecule has 0 aromatic carbocycles. The third-order valence-corrected chi connectivity index (χ3v) is 4.12. The van der Waals surface area contributed by atoms with Crippen molar-refractivity contribution in [2.45, 2.75) is 31.3 Å². The first-order valence-corrected chi connectivity index (χ1v) is 6.78. The van der Waals surface area contributed by atoms with Gasteiger partial charge in [-0.25, -0.2) is 0 Å². The van der Waals surface area contributed by atoms with Crippen molar-refractivity contribution in [1.29, 1.82) is 0 Å². The zero-order valence-corrected chi connectivity index (χ0v) is 10.8. The standard InChI is InChI=1S/C12H16N2O3S/c15-10(13-7-9-3-1-6-18-9)8-14-12(11(16)17)4-2-5-12/h1,3,6,14H,2,4-5,7-8H2,(H,13,15)(H,16,17). The van der Waals surface area contributed by atoms with Crippen molar-refractivity contribution in [3.63, 3.8) is 0 Å². The molecule has 18 heavy (non-hydrogen) atoms. The molecule has 0 bridgehead atoms. The lowest BCUT2D eigenvalue weighted by Gasteiger charge is -2.38. The summed E-state index contributed by atoms with van der Waals surface area (Å²) < 4.78 is 0. The Bertz CT molecular complexity index is 427. The molecule has 1 fully saturated rings. The van der Waals surface area contributed by atoms with Gasteiger partial charge in [-0.15, -0.1) is 11.3 Å². The van der Waals surface area contributed by atoms with Crippen LogP contribution in [0.15, 0.2) is 17.5 Å². The lowest BCUT2D eigenvalue weighted by molar-refractivity contribution is -0.149. The fourth-order valence-electron chi connectivity index (χ4n) is 1.91. The van der Waals surface area contributed by atoms with Gasteiger partial charge in [0.05, 0.1) is 13.1 Å². The van der Waals surface area contributed by atoms with Gasteiger partial charge in [0.2, 0.25) is 5.91 Å². The van der Waals surface area contributed by atoms with Crippen molar-refractivity contribution < 1.29 is 14.7 Å². The molecule has 1 saturated carbocycles. The van der Waals surface area contributed by atoms with E-state index in [1.165, 1.54) is 0 Å². The Morgan fingerprint density at radius 3 is 2.72 bits per heavy atom. The number of nitrogens with one attached hydrogen (secondary N) is 2. The summed E-state index contributed by atoms with van der Waals surface area (Å²) in [5.74, 6) is -1.03. The molecular formula is C12H16N2O3S. The SMILES string of the molecule is O=C(CNC1(C(=O)O)CCC1)NCc1cccs1. The molecule has 0 radical (unpaired) electrons. The summed E-state index contributed by atoms with van der Waals surface area (Å²) in [4.78, 5) is 23.7. The van der Waals surface area contributed by atoms with Crippen LogP contribution in [-0.2, 0) is 16.1 Å². The predicted octanol–water partition coefficient (Wildman–Crippen LogP) is 0.961. The lowest BCUT2D eigenvalue weighted by Crippen LogP contribution is -2.59. The minimum Gasteiger partial charge on any atom is -0.480 e. The number of hydrogen-bond donors (Lipinski definition) is 3. The highest BCUT2D eigenvalue weighted by molar-refractivity contribution is 7.09. The van der Waals surface area contributed by atoms with E-state index in [1.54, 1.807) is 11.3 Å². The normalized spacial score (nSPS) is 16.9. The minimum atomic E-state index is -0.875. The smallest absolute Gasteiger partial charge is 0.323 e. The minimum absolute atomic E-state index is 0.0532. The van der Waals surface area contributed by atoms with Gasteiger partial charge in [-0.1, -0.05) is 6.07 Å². The molecular weight excluding hydrogens is 252 g/mol. The van der Waals surface area contributed by atoms with Crippen LogP contribution in [0.5, 0.6) is 0 Å². The van der Waals surface area contributed by atoms with E-state index in [9.17, 15) is 9.59 Å². The molecule has 0 aliphatic heterocycles. The molecule has 0 atom stereocenters. The summed E-state index contributed by atoms with van der Waals surface area (Å²) in [6, 6.07) is 3.88. The molecule has 6 heteroatoms. The maximum atomic E-state index is 11.6. The van der Waals surface area contributed by atoms with Gasteiger partial charge in [0.15, 0.2) is 0 Å². The van der Waals surface area contributed by atoms with Crippen molar-refractivity contribution in [3.05, 3.63) is 22.4 Å². The van der Waals surface area contributed by atoms with Crippen LogP contribution < -0.4 is 10.6 Å². The van der Waals surface area contributed by atoms with Crippen LogP contribution in [0.25, 0.3) is 0 Å². The van der Waals surface area contributed by atoms with Crippen LogP contribution >= 0.6 is 11.3 Å². The molecule has 0 spiro atoms. The maximum Gasteiger partial charge on any atom is 0.323 e. The number of amides is 1. The Morgan fingerprint density at radius 1 is 1.44 bits per heavy atom. The highest BCUT2D eigenvalue weighted by Crippen LogP contribution is 2.31. The Morgan fingerprint density at radius 2 is 2.22 bits per heavy atom. The monoisotopic (exact) mass is 268 g/mol. The van der Waals surface area contributed by atoms with Gasteiger partial charge in [0, 0.05) is 4.88 Å². The Kier molecular flexibility index (Phi) is 3.98. The zero-order chi connectivity index (χ0) is 13.0. The fraction of sp³-hybridized carbons (Fsp3) is 0.500. The van der Waals surface area contributed by atoms with Crippen LogP contribution in [0.2, 0.25) is 0 Å². The van der Waals surface area contributed by atoms with Gasteiger partial charge in [-0.3, -0.25) is 14.9 Å². The molecule has 2 rings (SSSR count). The number of carboxylic acids is 1. The molecule has 3 N–H and O–H groups in total. The third kappa shape index (κ3) is 2.88. The Balaban J connectivity index is 1.73. The molecule has 0 unspecified atom stereocenters. The summed E-state index contributed by atoms with van der Waals surface area (Å²) in [6.45, 7) is 0.552. The zero-order valence-electron chi connectivity index (χ0n) is 9.94. The first-order chi connectivity index (χ1) is 8.62. The quantitative estimate of drug-likeness (QED) is 0.718. The van der Waals surface area contributed by atoms with Crippen molar-refractivity contribution in [3.8, 4) is 0 Å². The van der Waals surface area contributed by atoms with Crippen LogP contribution in [-0.4, -0.2) is 29.1 Å². The molecule has 1 aromatic heterocycles. The van der Waals surface area contributed by atoms with Gasteiger partial charge >= 0.3 is 5.97 Å². The average Bonchev–Trinajstić information content (AvgIpc) is 2.77. The first kappa shape index (κ1) is 13.0. The number of carbonyl (C=O) groups excluding carboxylic acids is 1. The summed E-state index contributed by atoms with van der Waals surface area (Å²) in [5, 5.41) is 16.7. The number of aliphatic carboxylic acids is 1. The Hall–Kier alpha value is -1.40. The van der Waals surface area contributed by atoms with E-state index in [1.807, 2.05) is 17.5 Å². The summed E-state index contributed by atoms with van der Waals surface area (Å²) >= 11 is 1.58. The molecule has 1 aromatic rings. The number of rotatable bonds is 6. The number of carbonyl (C=O) groups is 2. The van der Waals surface area contributed by atoms with Gasteiger partial charge in [0.25, 0.3) is 0 Å². The lowest BCUT2D eigenvalue weighted by atomic mass is 9.77. The second-order valence-corrected chi connectivity index (χ2v) is 5.48. The molecule has 1 aliphatic rings. The molecule has 1 heterocycles. The van der Waals surface area contributed by atoms with E-state index in [0.717, 1.165) is 11.3 Å². The molecule has 5 nitrogen and oxygen atoms in total. The van der Waals surface area contributed by atoms with E-state index in [2.05, 4.69) is 10.6 Å². The first-order valence-electron chi connectivity index (χ1n) is 5.90. The van der Waals surface area contributed by atoms with Gasteiger partial charge in [0.1, 0.15) is 5.54 Å². The van der Waals surface area contributed by atoms with E-state index in [4.69, 9.17) is 5.11 Å². The second kappa shape index (κ2) is 5.49. The largest absolute Gasteiger partial charge is 0.480 e. The van der Waals surface area contributed by atoms with Crippen LogP contribution in [0.4, 0.5) is 0 Å². The van der Waals surface area contributed by atoms with E-state index < -0.39 is 11.5 Å². The number of thiophene rings is 1. The second-order valence-electron chi connectivity index (χ2n) is 4.45. The van der Waals surface area contributed by atoms with Crippen LogP contribution in [0, 0.1) is 0 Å². The summed E-state index contributed by atoms with van der Waals surface area (Å²) in [7, 11) is 0. The molecule has 98 valence electrons. The molecule has 1 amide bonds. The maximum absolute atomic E-state index is 11.6. The van der Waals surface area contributed by atoms with Gasteiger partial charge in [-0.05, 0) is 30.7 Å². The highest BCUT2D eigenvalue weighted by Gasteiger charge is 2.44. The van der Waals surface area contributed by atoms with E-state index >= 15 is 0 Å². The predicted molar refractivity (Wildman–Crippen MR) is 68.4 cm³/mol. The number of carboxylic acid groups (broad SMARTS) is 1. The van der Waals surface area contributed by atoms with Crippen molar-refractivity contribution >= 4 is 23.2 Å². The topological polar surface area (TPSA) is 78.4 Å². The van der Waals surface area contributed by atoms with E-state index in [-0.39, 0.29) is 12.5 Å². The summed E-state index contributed by atoms with van der Waals surface area (Å²) in [6.07, 6.45) is 2.09. The van der Waals surface area contributed by atoms with Crippen molar-refractivity contribution in [2.75, 3.05) is 6.54 Å². The fourth-order valence-corrected chi connectivity index (χ4v) is 2.55. The Labute approximate surface area is 109 Å². The third-order valence-electron chi connectivity index (χ3n) is 3.24. The molecule has 0 saturated heterocycles. The van der Waals surface area contributed by atoms with E-state index in [0.29, 0.717) is 19.4 Å². The van der Waals surface area contributed by atoms with Crippen molar-refractivity contribution in [2.24, 2.45) is 0 Å². The summed E-state index contributed by atoms with van der Waals surface area (Å²) in [5.41, 5.74) is -0.875. The average molecular weight is 268 g/mol. The van der Waals surface area contributed by atoms with Crippen molar-refractivity contribution in [1.82, 2.24) is 10.6 Å². The van der Waals surface area contributed by atoms with Gasteiger partial charge < -0.3 is 10.4 Å². The number of hydrogen-bond acceptors (Lipinski definition) is 4. The molecule has 1 aliphatic carbocycles. The van der Waals surface area contributed by atoms with Gasteiger partial charge in [-0.2, -0.15) is 0 Å².